The average Bonchev–Trinajstić information content (AvgIpc) is 3.21. The number of aliphatic carboxylic acids is 2. The quantitative estimate of drug-likeness (QED) is 0.154. The Balaban J connectivity index is 1.65. The third kappa shape index (κ3) is 7.68. The van der Waals surface area contributed by atoms with Crippen LogP contribution in [-0.4, -0.2) is 103 Å². The molecule has 0 bridgehead atoms. The number of likely N-dealkylation sites (tertiary alicyclic amines) is 2. The summed E-state index contributed by atoms with van der Waals surface area (Å²) in [4.78, 5) is 73.0. The Morgan fingerprint density at radius 1 is 0.765 bits per heavy atom. The zero-order valence-corrected chi connectivity index (χ0v) is 20.2. The molecule has 0 aromatic rings. The first-order valence-electron chi connectivity index (χ1n) is 10.9. The Morgan fingerprint density at radius 2 is 1.12 bits per heavy atom. The molecule has 190 valence electrons. The molecule has 6 N–H and O–H groups in total. The maximum absolute atomic E-state index is 12.4. The van der Waals surface area contributed by atoms with Crippen LogP contribution < -0.4 is 11.5 Å². The van der Waals surface area contributed by atoms with Gasteiger partial charge in [0, 0.05) is 37.4 Å². The summed E-state index contributed by atoms with van der Waals surface area (Å²) in [6.07, 6.45) is 2.62. The summed E-state index contributed by atoms with van der Waals surface area (Å²) in [6, 6.07) is -2.18. The molecule has 0 aliphatic carbocycles. The van der Waals surface area contributed by atoms with Gasteiger partial charge in [-0.1, -0.05) is 12.8 Å². The van der Waals surface area contributed by atoms with E-state index >= 15 is 0 Å². The Hall–Kier alpha value is -2.16. The first kappa shape index (κ1) is 28.1. The van der Waals surface area contributed by atoms with Gasteiger partial charge in [-0.15, -0.1) is 23.5 Å². The van der Waals surface area contributed by atoms with Gasteiger partial charge in [-0.2, -0.15) is 0 Å². The Kier molecular flexibility index (Phi) is 10.8. The molecule has 2 saturated heterocycles. The number of nitrogens with two attached hydrogens (primary N) is 2. The predicted octanol–water partition coefficient (Wildman–Crippen LogP) is -0.908. The van der Waals surface area contributed by atoms with Gasteiger partial charge >= 0.3 is 11.9 Å². The number of amides is 4. The largest absolute Gasteiger partial charge is 0.480 e. The Bertz CT molecular complexity index is 760. The average molecular weight is 519 g/mol. The molecule has 2 heterocycles. The molecule has 2 aliphatic heterocycles. The number of rotatable bonds is 15. The third-order valence-electron chi connectivity index (χ3n) is 5.51. The van der Waals surface area contributed by atoms with E-state index in [1.165, 1.54) is 9.80 Å². The van der Waals surface area contributed by atoms with Crippen molar-refractivity contribution in [1.82, 2.24) is 9.80 Å². The standard InChI is InChI=1S/C20H30N4O8S2/c21-11(19(29)30)9-33-13-7-15(25)23(17(13)27)5-3-1-2-4-6-24-16(26)8-14(18(24)28)34-10-12(22)20(31)32/h11-14H,1-10,21-22H2,(H,29,30)(H,31,32)/t11-,12-,13-,14+/m0/s1. The van der Waals surface area contributed by atoms with Crippen LogP contribution in [-0.2, 0) is 28.8 Å². The van der Waals surface area contributed by atoms with Crippen molar-refractivity contribution in [2.24, 2.45) is 11.5 Å². The fraction of sp³-hybridized carbons (Fsp3) is 0.700. The van der Waals surface area contributed by atoms with Crippen LogP contribution in [0, 0.1) is 0 Å². The predicted molar refractivity (Wildman–Crippen MR) is 125 cm³/mol. The second-order valence-electron chi connectivity index (χ2n) is 8.12. The summed E-state index contributed by atoms with van der Waals surface area (Å²) in [5, 5.41) is 16.4. The van der Waals surface area contributed by atoms with Crippen molar-refractivity contribution in [2.75, 3.05) is 24.6 Å². The third-order valence-corrected chi connectivity index (χ3v) is 8.15. The number of nitrogens with zero attached hydrogens (tertiary/aromatic N) is 2. The van der Waals surface area contributed by atoms with Gasteiger partial charge in [0.2, 0.25) is 23.6 Å². The highest BCUT2D eigenvalue weighted by Crippen LogP contribution is 2.27. The Morgan fingerprint density at radius 3 is 1.44 bits per heavy atom. The zero-order valence-electron chi connectivity index (χ0n) is 18.6. The molecule has 0 aromatic heterocycles. The number of hydrogen-bond acceptors (Lipinski definition) is 10. The number of imide groups is 2. The van der Waals surface area contributed by atoms with E-state index < -0.39 is 34.5 Å². The van der Waals surface area contributed by atoms with Gasteiger partial charge in [0.1, 0.15) is 12.1 Å². The topological polar surface area (TPSA) is 201 Å². The van der Waals surface area contributed by atoms with E-state index in [4.69, 9.17) is 21.7 Å². The minimum absolute atomic E-state index is 0.0333. The molecule has 0 saturated carbocycles. The number of hydrogen-bond donors (Lipinski definition) is 4. The minimum atomic E-state index is -1.16. The fourth-order valence-corrected chi connectivity index (χ4v) is 5.74. The molecule has 0 aromatic carbocycles. The van der Waals surface area contributed by atoms with Gasteiger partial charge in [0.05, 0.1) is 10.5 Å². The SMILES string of the molecule is N[C@@H](CS[C@H]1CC(=O)N(CCCCCCN2C(=O)C[C@@H](SC[C@H](N)C(=O)O)C2=O)C1=O)C(=O)O. The van der Waals surface area contributed by atoms with Crippen molar-refractivity contribution >= 4 is 59.1 Å². The van der Waals surface area contributed by atoms with Crippen LogP contribution in [0.2, 0.25) is 0 Å². The van der Waals surface area contributed by atoms with Crippen molar-refractivity contribution in [3.8, 4) is 0 Å². The van der Waals surface area contributed by atoms with Crippen LogP contribution in [0.25, 0.3) is 0 Å². The van der Waals surface area contributed by atoms with Gasteiger partial charge in [0.25, 0.3) is 0 Å². The molecular weight excluding hydrogens is 488 g/mol. The smallest absolute Gasteiger partial charge is 0.321 e. The molecule has 2 aliphatic rings. The van der Waals surface area contributed by atoms with E-state index in [1.807, 2.05) is 0 Å². The highest BCUT2D eigenvalue weighted by atomic mass is 32.2. The summed E-state index contributed by atoms with van der Waals surface area (Å²) in [5.74, 6) is -3.44. The maximum atomic E-state index is 12.4. The number of carboxylic acid groups (broad SMARTS) is 2. The number of thioether (sulfide) groups is 2. The van der Waals surface area contributed by atoms with Crippen LogP contribution in [0.4, 0.5) is 0 Å². The summed E-state index contributed by atoms with van der Waals surface area (Å²) < 4.78 is 0. The van der Waals surface area contributed by atoms with Crippen molar-refractivity contribution in [2.45, 2.75) is 61.1 Å². The summed E-state index contributed by atoms with van der Waals surface area (Å²) >= 11 is 2.16. The molecule has 2 rings (SSSR count). The fourth-order valence-electron chi connectivity index (χ4n) is 3.51. The molecule has 34 heavy (non-hydrogen) atoms. The van der Waals surface area contributed by atoms with Gasteiger partial charge in [-0.25, -0.2) is 0 Å². The lowest BCUT2D eigenvalue weighted by Gasteiger charge is -2.16. The van der Waals surface area contributed by atoms with Crippen LogP contribution in [0.1, 0.15) is 38.5 Å². The molecule has 0 radical (unpaired) electrons. The van der Waals surface area contributed by atoms with Crippen LogP contribution in [0.5, 0.6) is 0 Å². The van der Waals surface area contributed by atoms with Crippen molar-refractivity contribution in [3.05, 3.63) is 0 Å². The first-order chi connectivity index (χ1) is 16.0. The van der Waals surface area contributed by atoms with Crippen molar-refractivity contribution in [3.63, 3.8) is 0 Å². The van der Waals surface area contributed by atoms with E-state index in [-0.39, 0.29) is 61.1 Å². The number of carboxylic acids is 2. The minimum Gasteiger partial charge on any atom is -0.480 e. The van der Waals surface area contributed by atoms with E-state index in [0.717, 1.165) is 23.5 Å². The van der Waals surface area contributed by atoms with Gasteiger partial charge in [0.15, 0.2) is 0 Å². The number of unbranched alkanes of at least 4 members (excludes halogenated alkanes) is 3. The summed E-state index contributed by atoms with van der Waals surface area (Å²) in [6.45, 7) is 0.535. The highest BCUT2D eigenvalue weighted by Gasteiger charge is 2.40. The lowest BCUT2D eigenvalue weighted by atomic mass is 10.2. The van der Waals surface area contributed by atoms with E-state index in [9.17, 15) is 28.8 Å². The van der Waals surface area contributed by atoms with Crippen molar-refractivity contribution in [1.29, 1.82) is 0 Å². The van der Waals surface area contributed by atoms with Gasteiger partial charge < -0.3 is 21.7 Å². The number of carbonyl (C=O) groups is 6. The van der Waals surface area contributed by atoms with E-state index in [1.54, 1.807) is 0 Å². The second kappa shape index (κ2) is 13.1. The van der Waals surface area contributed by atoms with Gasteiger partial charge in [-0.05, 0) is 12.8 Å². The molecule has 2 fully saturated rings. The molecule has 0 spiro atoms. The molecule has 4 atom stereocenters. The van der Waals surface area contributed by atoms with E-state index in [0.29, 0.717) is 25.7 Å². The second-order valence-corrected chi connectivity index (χ2v) is 10.6. The zero-order chi connectivity index (χ0) is 25.4. The monoisotopic (exact) mass is 518 g/mol. The van der Waals surface area contributed by atoms with Gasteiger partial charge in [-0.3, -0.25) is 38.6 Å². The molecule has 0 unspecified atom stereocenters. The summed E-state index contributed by atoms with van der Waals surface area (Å²) in [5.41, 5.74) is 10.9. The Labute approximate surface area is 205 Å². The first-order valence-corrected chi connectivity index (χ1v) is 13.0. The van der Waals surface area contributed by atoms with Crippen LogP contribution in [0.3, 0.4) is 0 Å². The summed E-state index contributed by atoms with van der Waals surface area (Å²) in [7, 11) is 0. The lowest BCUT2D eigenvalue weighted by Crippen LogP contribution is -2.35. The molecule has 4 amide bonds. The molecular formula is C20H30N4O8S2. The van der Waals surface area contributed by atoms with Crippen LogP contribution in [0.15, 0.2) is 0 Å². The number of carbonyl (C=O) groups excluding carboxylic acids is 4. The normalized spacial score (nSPS) is 22.5. The van der Waals surface area contributed by atoms with E-state index in [2.05, 4.69) is 0 Å². The molecule has 14 heteroatoms. The lowest BCUT2D eigenvalue weighted by molar-refractivity contribution is -0.140. The van der Waals surface area contributed by atoms with Crippen LogP contribution >= 0.6 is 23.5 Å². The maximum Gasteiger partial charge on any atom is 0.321 e. The molecule has 12 nitrogen and oxygen atoms in total. The van der Waals surface area contributed by atoms with Crippen molar-refractivity contribution < 1.29 is 39.0 Å². The highest BCUT2D eigenvalue weighted by molar-refractivity contribution is 8.01.